The van der Waals surface area contributed by atoms with Crippen LogP contribution in [0.15, 0.2) is 5.57 Å². The van der Waals surface area contributed by atoms with Crippen LogP contribution in [0.25, 0.3) is 0 Å². The predicted molar refractivity (Wildman–Crippen MR) is 25.1 cm³/mol. The van der Waals surface area contributed by atoms with Gasteiger partial charge in [-0.1, -0.05) is 0 Å². The Bertz CT molecular complexity index is 137. The van der Waals surface area contributed by atoms with E-state index in [4.69, 9.17) is 5.26 Å². The molecule has 0 rings (SSSR count). The fraction of sp³-hybridized carbons (Fsp3) is 0.400. The average molecular weight is 95.1 g/mol. The van der Waals surface area contributed by atoms with Crippen molar-refractivity contribution in [1.29, 1.82) is 5.26 Å². The summed E-state index contributed by atoms with van der Waals surface area (Å²) in [6, 6.07) is 1.82. The van der Waals surface area contributed by atoms with E-state index in [2.05, 4.69) is 0 Å². The van der Waals surface area contributed by atoms with Crippen LogP contribution in [0.1, 0.15) is 13.3 Å². The first-order valence-electron chi connectivity index (χ1n) is 1.88. The highest BCUT2D eigenvalue weighted by Crippen LogP contribution is 1.88. The number of carbonyl (C=O) groups excluding carboxylic acids is 1. The smallest absolute Gasteiger partial charge is 0.124 e. The molecule has 0 N–H and O–H groups in total. The predicted octanol–water partition coefficient (Wildman–Crippen LogP) is 0.678. The SMILES string of the molecule is CC(=C=O)CC#N. The molecule has 0 radical (unpaired) electrons. The van der Waals surface area contributed by atoms with Crippen LogP contribution in [0.4, 0.5) is 0 Å². The highest BCUT2D eigenvalue weighted by atomic mass is 16.1. The van der Waals surface area contributed by atoms with E-state index in [1.54, 1.807) is 12.9 Å². The summed E-state index contributed by atoms with van der Waals surface area (Å²) >= 11 is 0. The van der Waals surface area contributed by atoms with Crippen LogP contribution in [0.2, 0.25) is 0 Å². The van der Waals surface area contributed by atoms with E-state index < -0.39 is 0 Å². The van der Waals surface area contributed by atoms with E-state index in [9.17, 15) is 4.79 Å². The molecule has 36 valence electrons. The second kappa shape index (κ2) is 3.14. The Balaban J connectivity index is 3.65. The fourth-order valence-corrected chi connectivity index (χ4v) is 0.155. The number of nitrogens with zero attached hydrogens (tertiary/aromatic N) is 1. The van der Waals surface area contributed by atoms with Gasteiger partial charge in [0, 0.05) is 5.57 Å². The summed E-state index contributed by atoms with van der Waals surface area (Å²) in [6.07, 6.45) is 0.198. The zero-order chi connectivity index (χ0) is 5.70. The molecule has 0 aromatic rings. The summed E-state index contributed by atoms with van der Waals surface area (Å²) in [5.74, 6) is 1.61. The van der Waals surface area contributed by atoms with Crippen molar-refractivity contribution in [3.8, 4) is 6.07 Å². The average Bonchev–Trinajstić information content (AvgIpc) is 1.68. The molecule has 0 aliphatic rings. The Morgan fingerprint density at radius 1 is 1.86 bits per heavy atom. The monoisotopic (exact) mass is 95.0 g/mol. The van der Waals surface area contributed by atoms with Gasteiger partial charge in [-0.2, -0.15) is 5.26 Å². The maximum Gasteiger partial charge on any atom is 0.124 e. The van der Waals surface area contributed by atoms with Crippen LogP contribution >= 0.6 is 0 Å². The van der Waals surface area contributed by atoms with Gasteiger partial charge in [0.15, 0.2) is 0 Å². The number of hydrogen-bond donors (Lipinski definition) is 0. The minimum atomic E-state index is 0.198. The minimum absolute atomic E-state index is 0.198. The Kier molecular flexibility index (Phi) is 2.67. The summed E-state index contributed by atoms with van der Waals surface area (Å²) in [4.78, 5) is 9.58. The van der Waals surface area contributed by atoms with Crippen LogP contribution in [0.5, 0.6) is 0 Å². The van der Waals surface area contributed by atoms with Crippen molar-refractivity contribution in [3.05, 3.63) is 5.57 Å². The van der Waals surface area contributed by atoms with Crippen molar-refractivity contribution >= 4 is 5.94 Å². The molecule has 0 spiro atoms. The van der Waals surface area contributed by atoms with Crippen LogP contribution in [0, 0.1) is 11.3 Å². The van der Waals surface area contributed by atoms with Crippen molar-refractivity contribution in [2.24, 2.45) is 0 Å². The van der Waals surface area contributed by atoms with Gasteiger partial charge in [-0.05, 0) is 6.92 Å². The van der Waals surface area contributed by atoms with E-state index in [0.29, 0.717) is 5.57 Å². The lowest BCUT2D eigenvalue weighted by molar-refractivity contribution is 0.566. The van der Waals surface area contributed by atoms with Crippen LogP contribution in [0.3, 0.4) is 0 Å². The molecule has 0 aliphatic carbocycles. The maximum atomic E-state index is 9.58. The number of nitriles is 1. The second-order valence-electron chi connectivity index (χ2n) is 1.22. The number of allylic oxidation sites excluding steroid dienone is 1. The van der Waals surface area contributed by atoms with Gasteiger partial charge in [0.25, 0.3) is 0 Å². The van der Waals surface area contributed by atoms with E-state index >= 15 is 0 Å². The van der Waals surface area contributed by atoms with Crippen molar-refractivity contribution in [2.45, 2.75) is 13.3 Å². The molecule has 0 fully saturated rings. The molecule has 0 saturated heterocycles. The van der Waals surface area contributed by atoms with Gasteiger partial charge < -0.3 is 0 Å². The first-order valence-corrected chi connectivity index (χ1v) is 1.88. The number of hydrogen-bond acceptors (Lipinski definition) is 2. The molecular formula is C5H5NO. The summed E-state index contributed by atoms with van der Waals surface area (Å²) < 4.78 is 0. The molecule has 0 aromatic heterocycles. The highest BCUT2D eigenvalue weighted by Gasteiger charge is 1.81. The van der Waals surface area contributed by atoms with Gasteiger partial charge in [-0.25, -0.2) is 4.79 Å². The Morgan fingerprint density at radius 2 is 2.43 bits per heavy atom. The second-order valence-corrected chi connectivity index (χ2v) is 1.22. The zero-order valence-corrected chi connectivity index (χ0v) is 4.06. The van der Waals surface area contributed by atoms with Crippen molar-refractivity contribution in [2.75, 3.05) is 0 Å². The third kappa shape index (κ3) is 2.75. The molecule has 0 unspecified atom stereocenters. The Labute approximate surface area is 42.1 Å². The van der Waals surface area contributed by atoms with Gasteiger partial charge in [-0.3, -0.25) is 0 Å². The Morgan fingerprint density at radius 3 is 2.57 bits per heavy atom. The molecule has 7 heavy (non-hydrogen) atoms. The molecule has 0 amide bonds. The normalized spacial score (nSPS) is 6.29. The van der Waals surface area contributed by atoms with Crippen LogP contribution in [-0.2, 0) is 4.79 Å². The first kappa shape index (κ1) is 5.94. The number of rotatable bonds is 1. The minimum Gasteiger partial charge on any atom is -0.234 e. The summed E-state index contributed by atoms with van der Waals surface area (Å²) in [5.41, 5.74) is 0.461. The zero-order valence-electron chi connectivity index (χ0n) is 4.06. The van der Waals surface area contributed by atoms with Gasteiger partial charge >= 0.3 is 0 Å². The lowest BCUT2D eigenvalue weighted by Crippen LogP contribution is -1.69. The van der Waals surface area contributed by atoms with Gasteiger partial charge in [-0.15, -0.1) is 0 Å². The van der Waals surface area contributed by atoms with Gasteiger partial charge in [0.1, 0.15) is 5.94 Å². The molecule has 0 aromatic carbocycles. The molecule has 0 saturated carbocycles. The van der Waals surface area contributed by atoms with E-state index in [0.717, 1.165) is 0 Å². The molecule has 0 heterocycles. The quantitative estimate of drug-likeness (QED) is 0.449. The van der Waals surface area contributed by atoms with Crippen LogP contribution < -0.4 is 0 Å². The molecule has 0 bridgehead atoms. The topological polar surface area (TPSA) is 40.9 Å². The molecule has 0 aliphatic heterocycles. The summed E-state index contributed by atoms with van der Waals surface area (Å²) in [6.45, 7) is 1.58. The maximum absolute atomic E-state index is 9.58. The lowest BCUT2D eigenvalue weighted by Gasteiger charge is -1.74. The van der Waals surface area contributed by atoms with Gasteiger partial charge in [0.2, 0.25) is 0 Å². The standard InChI is InChI=1S/C5H5NO/c1-5(4-7)2-3-6/h2H2,1H3. The van der Waals surface area contributed by atoms with Crippen molar-refractivity contribution < 1.29 is 4.79 Å². The largest absolute Gasteiger partial charge is 0.234 e. The van der Waals surface area contributed by atoms with E-state index in [-0.39, 0.29) is 6.42 Å². The summed E-state index contributed by atoms with van der Waals surface area (Å²) in [5, 5.41) is 7.92. The van der Waals surface area contributed by atoms with Crippen molar-refractivity contribution in [1.82, 2.24) is 0 Å². The lowest BCUT2D eigenvalue weighted by atomic mass is 10.3. The Hall–Kier alpha value is -1.06. The van der Waals surface area contributed by atoms with Crippen molar-refractivity contribution in [3.63, 3.8) is 0 Å². The molecular weight excluding hydrogens is 90.1 g/mol. The first-order chi connectivity index (χ1) is 3.31. The highest BCUT2D eigenvalue weighted by molar-refractivity contribution is 5.51. The fourth-order valence-electron chi connectivity index (χ4n) is 0.155. The third-order valence-corrected chi connectivity index (χ3v) is 0.518. The van der Waals surface area contributed by atoms with Gasteiger partial charge in [0.05, 0.1) is 12.5 Å². The third-order valence-electron chi connectivity index (χ3n) is 0.518. The summed E-state index contributed by atoms with van der Waals surface area (Å²) in [7, 11) is 0. The molecule has 2 heteroatoms. The van der Waals surface area contributed by atoms with E-state index in [1.165, 1.54) is 0 Å². The molecule has 0 atom stereocenters. The van der Waals surface area contributed by atoms with Crippen LogP contribution in [-0.4, -0.2) is 5.94 Å². The van der Waals surface area contributed by atoms with E-state index in [1.807, 2.05) is 6.07 Å². The molecule has 2 nitrogen and oxygen atoms in total.